The molecule has 1 amide bonds. The highest BCUT2D eigenvalue weighted by Crippen LogP contribution is 2.29. The van der Waals surface area contributed by atoms with E-state index in [-0.39, 0.29) is 11.3 Å². The molecule has 0 spiro atoms. The molecular weight excluding hydrogens is 371 g/mol. The molecule has 1 N–H and O–H groups in total. The third-order valence-corrected chi connectivity index (χ3v) is 4.24. The maximum absolute atomic E-state index is 13.7. The van der Waals surface area contributed by atoms with Crippen LogP contribution in [0.2, 0.25) is 0 Å². The highest BCUT2D eigenvalue weighted by molar-refractivity contribution is 6.09. The Morgan fingerprint density at radius 2 is 1.97 bits per heavy atom. The minimum atomic E-state index is -0.687. The fourth-order valence-electron chi connectivity index (χ4n) is 2.67. The third-order valence-electron chi connectivity index (χ3n) is 4.24. The zero-order valence-corrected chi connectivity index (χ0v) is 16.7. The standard InChI is InChI=1S/C23H25FN2O3/c1-3-4-5-8-13-29-21-12-11-17(15-22(21)28-2)14-18(16-25)23(27)26-20-10-7-6-9-19(20)24/h6-7,9-12,14-15H,3-5,8,13H2,1-2H3,(H,26,27)/b18-14+. The van der Waals surface area contributed by atoms with Crippen molar-refractivity contribution in [2.24, 2.45) is 0 Å². The number of ether oxygens (including phenoxy) is 2. The number of methoxy groups -OCH3 is 1. The Bertz CT molecular complexity index is 903. The van der Waals surface area contributed by atoms with Crippen molar-refractivity contribution in [1.82, 2.24) is 0 Å². The van der Waals surface area contributed by atoms with Crippen molar-refractivity contribution < 1.29 is 18.7 Å². The van der Waals surface area contributed by atoms with Gasteiger partial charge < -0.3 is 14.8 Å². The van der Waals surface area contributed by atoms with Gasteiger partial charge in [0.15, 0.2) is 11.5 Å². The number of nitrogens with one attached hydrogen (secondary N) is 1. The summed E-state index contributed by atoms with van der Waals surface area (Å²) >= 11 is 0. The lowest BCUT2D eigenvalue weighted by atomic mass is 10.1. The zero-order valence-electron chi connectivity index (χ0n) is 16.7. The van der Waals surface area contributed by atoms with Crippen molar-refractivity contribution in [2.75, 3.05) is 19.0 Å². The molecule has 2 rings (SSSR count). The SMILES string of the molecule is CCCCCCOc1ccc(/C=C(\C#N)C(=O)Nc2ccccc2F)cc1OC. The number of rotatable bonds is 10. The van der Waals surface area contributed by atoms with E-state index in [1.54, 1.807) is 24.3 Å². The molecule has 0 saturated heterocycles. The van der Waals surface area contributed by atoms with Crippen molar-refractivity contribution in [1.29, 1.82) is 5.26 Å². The van der Waals surface area contributed by atoms with Crippen molar-refractivity contribution in [3.8, 4) is 17.6 Å². The monoisotopic (exact) mass is 396 g/mol. The molecule has 5 nitrogen and oxygen atoms in total. The van der Waals surface area contributed by atoms with Crippen molar-refractivity contribution >= 4 is 17.7 Å². The molecule has 0 radical (unpaired) electrons. The molecule has 0 unspecified atom stereocenters. The molecule has 6 heteroatoms. The summed E-state index contributed by atoms with van der Waals surface area (Å²) in [7, 11) is 1.53. The van der Waals surface area contributed by atoms with Crippen LogP contribution in [0, 0.1) is 17.1 Å². The summed E-state index contributed by atoms with van der Waals surface area (Å²) in [6, 6.07) is 12.8. The van der Waals surface area contributed by atoms with E-state index < -0.39 is 11.7 Å². The topological polar surface area (TPSA) is 71.3 Å². The Labute approximate surface area is 170 Å². The van der Waals surface area contributed by atoms with Gasteiger partial charge in [0.05, 0.1) is 19.4 Å². The van der Waals surface area contributed by atoms with Gasteiger partial charge in [0.1, 0.15) is 17.5 Å². The van der Waals surface area contributed by atoms with E-state index in [0.717, 1.165) is 19.3 Å². The smallest absolute Gasteiger partial charge is 0.266 e. The first-order chi connectivity index (χ1) is 14.1. The number of hydrogen-bond acceptors (Lipinski definition) is 4. The zero-order chi connectivity index (χ0) is 21.1. The number of unbranched alkanes of at least 4 members (excludes halogenated alkanes) is 3. The van der Waals surface area contributed by atoms with Crippen LogP contribution in [0.3, 0.4) is 0 Å². The summed E-state index contributed by atoms with van der Waals surface area (Å²) in [6.07, 6.45) is 5.84. The molecule has 2 aromatic carbocycles. The van der Waals surface area contributed by atoms with Gasteiger partial charge in [0, 0.05) is 0 Å². The molecule has 29 heavy (non-hydrogen) atoms. The summed E-state index contributed by atoms with van der Waals surface area (Å²) in [5.41, 5.74) is 0.465. The van der Waals surface area contributed by atoms with E-state index in [2.05, 4.69) is 12.2 Å². The Morgan fingerprint density at radius 1 is 1.17 bits per heavy atom. The number of carbonyl (C=O) groups excluding carboxylic acids is 1. The summed E-state index contributed by atoms with van der Waals surface area (Å²) in [4.78, 5) is 12.3. The van der Waals surface area contributed by atoms with Crippen LogP contribution in [0.1, 0.15) is 38.2 Å². The van der Waals surface area contributed by atoms with Crippen molar-refractivity contribution in [2.45, 2.75) is 32.6 Å². The van der Waals surface area contributed by atoms with E-state index >= 15 is 0 Å². The highest BCUT2D eigenvalue weighted by atomic mass is 19.1. The Kier molecular flexibility index (Phi) is 8.71. The Morgan fingerprint density at radius 3 is 2.66 bits per heavy atom. The first-order valence-corrected chi connectivity index (χ1v) is 9.57. The summed E-state index contributed by atoms with van der Waals surface area (Å²) in [5, 5.41) is 11.7. The van der Waals surface area contributed by atoms with Crippen LogP contribution in [0.4, 0.5) is 10.1 Å². The molecule has 0 aliphatic heterocycles. The normalized spacial score (nSPS) is 10.9. The maximum Gasteiger partial charge on any atom is 0.266 e. The fourth-order valence-corrected chi connectivity index (χ4v) is 2.67. The number of benzene rings is 2. The van der Waals surface area contributed by atoms with Crippen LogP contribution in [0.15, 0.2) is 48.0 Å². The number of halogens is 1. The number of amides is 1. The molecule has 0 bridgehead atoms. The number of anilines is 1. The number of para-hydroxylation sites is 1. The van der Waals surface area contributed by atoms with Gasteiger partial charge in [-0.3, -0.25) is 4.79 Å². The Balaban J connectivity index is 2.11. The van der Waals surface area contributed by atoms with Crippen LogP contribution < -0.4 is 14.8 Å². The van der Waals surface area contributed by atoms with Crippen molar-refractivity contribution in [3.63, 3.8) is 0 Å². The van der Waals surface area contributed by atoms with E-state index in [0.29, 0.717) is 23.7 Å². The molecule has 0 aliphatic rings. The van der Waals surface area contributed by atoms with Gasteiger partial charge in [-0.25, -0.2) is 4.39 Å². The second kappa shape index (κ2) is 11.5. The van der Waals surface area contributed by atoms with Gasteiger partial charge in [-0.1, -0.05) is 44.4 Å². The van der Waals surface area contributed by atoms with Crippen LogP contribution >= 0.6 is 0 Å². The van der Waals surface area contributed by atoms with Gasteiger partial charge in [-0.05, 0) is 42.3 Å². The number of carbonyl (C=O) groups is 1. The summed E-state index contributed by atoms with van der Waals surface area (Å²) in [6.45, 7) is 2.75. The molecule has 152 valence electrons. The minimum Gasteiger partial charge on any atom is -0.493 e. The average Bonchev–Trinajstić information content (AvgIpc) is 2.73. The quantitative estimate of drug-likeness (QED) is 0.334. The molecule has 0 atom stereocenters. The van der Waals surface area contributed by atoms with Gasteiger partial charge >= 0.3 is 0 Å². The van der Waals surface area contributed by atoms with Gasteiger partial charge in [0.25, 0.3) is 5.91 Å². The maximum atomic E-state index is 13.7. The highest BCUT2D eigenvalue weighted by Gasteiger charge is 2.13. The van der Waals surface area contributed by atoms with E-state index in [1.165, 1.54) is 37.8 Å². The molecule has 0 aromatic heterocycles. The van der Waals surface area contributed by atoms with Gasteiger partial charge in [-0.15, -0.1) is 0 Å². The minimum absolute atomic E-state index is 0.0167. The molecular formula is C23H25FN2O3. The van der Waals surface area contributed by atoms with Crippen LogP contribution in [-0.4, -0.2) is 19.6 Å². The first kappa shape index (κ1) is 22.0. The molecule has 0 fully saturated rings. The average molecular weight is 396 g/mol. The Hall–Kier alpha value is -3.33. The number of hydrogen-bond donors (Lipinski definition) is 1. The van der Waals surface area contributed by atoms with Crippen LogP contribution in [0.5, 0.6) is 11.5 Å². The summed E-state index contributed by atoms with van der Waals surface area (Å²) in [5.74, 6) is -0.135. The predicted molar refractivity (Wildman–Crippen MR) is 111 cm³/mol. The predicted octanol–water partition coefficient (Wildman–Crippen LogP) is 5.34. The van der Waals surface area contributed by atoms with Gasteiger partial charge in [-0.2, -0.15) is 5.26 Å². The van der Waals surface area contributed by atoms with E-state index in [1.807, 2.05) is 6.07 Å². The lowest BCUT2D eigenvalue weighted by Gasteiger charge is -2.11. The lowest BCUT2D eigenvalue weighted by molar-refractivity contribution is -0.112. The third kappa shape index (κ3) is 6.65. The molecule has 0 saturated carbocycles. The number of nitriles is 1. The lowest BCUT2D eigenvalue weighted by Crippen LogP contribution is -2.14. The first-order valence-electron chi connectivity index (χ1n) is 9.57. The van der Waals surface area contributed by atoms with Gasteiger partial charge in [0.2, 0.25) is 0 Å². The van der Waals surface area contributed by atoms with Crippen LogP contribution in [-0.2, 0) is 4.79 Å². The van der Waals surface area contributed by atoms with E-state index in [4.69, 9.17) is 9.47 Å². The molecule has 0 heterocycles. The second-order valence-corrected chi connectivity index (χ2v) is 6.42. The number of nitrogens with zero attached hydrogens (tertiary/aromatic N) is 1. The van der Waals surface area contributed by atoms with E-state index in [9.17, 15) is 14.4 Å². The molecule has 0 aliphatic carbocycles. The van der Waals surface area contributed by atoms with Crippen LogP contribution in [0.25, 0.3) is 6.08 Å². The van der Waals surface area contributed by atoms with Crippen molar-refractivity contribution in [3.05, 3.63) is 59.4 Å². The summed E-state index contributed by atoms with van der Waals surface area (Å²) < 4.78 is 24.8. The molecule has 2 aromatic rings. The largest absolute Gasteiger partial charge is 0.493 e. The fraction of sp³-hybridized carbons (Fsp3) is 0.304. The second-order valence-electron chi connectivity index (χ2n) is 6.42.